The molecule has 3 saturated heterocycles. The molecule has 3 aliphatic heterocycles. The highest BCUT2D eigenvalue weighted by Crippen LogP contribution is 2.31. The minimum atomic E-state index is -0.244. The van der Waals surface area contributed by atoms with Crippen LogP contribution in [0.4, 0.5) is 0 Å². The largest absolute Gasteiger partial charge is 0.381 e. The highest BCUT2D eigenvalue weighted by atomic mass is 16.5. The van der Waals surface area contributed by atoms with Crippen LogP contribution in [0.25, 0.3) is 0 Å². The van der Waals surface area contributed by atoms with E-state index in [2.05, 4.69) is 0 Å². The number of ether oxygens (including phenoxy) is 2. The minimum Gasteiger partial charge on any atom is -0.381 e. The normalized spacial score (nSPS) is 30.1. The zero-order chi connectivity index (χ0) is 14.2. The van der Waals surface area contributed by atoms with Gasteiger partial charge in [-0.05, 0) is 19.3 Å². The Morgan fingerprint density at radius 2 is 2.10 bits per heavy atom. The third-order valence-corrected chi connectivity index (χ3v) is 4.72. The second-order valence-corrected chi connectivity index (χ2v) is 6.11. The topological polar surface area (TPSA) is 59.1 Å². The standard InChI is InChI=1S/C14H22N2O4/c1-15-10-14(20-9-12(15)17)3-5-16(6-4-14)13(18)11-2-7-19-8-11/h11H,2-10H2,1H3. The Balaban J connectivity index is 1.56. The highest BCUT2D eigenvalue weighted by Gasteiger charge is 2.42. The lowest BCUT2D eigenvalue weighted by atomic mass is 9.88. The van der Waals surface area contributed by atoms with Crippen molar-refractivity contribution in [2.24, 2.45) is 5.92 Å². The lowest BCUT2D eigenvalue weighted by molar-refractivity contribution is -0.171. The average molecular weight is 282 g/mol. The second kappa shape index (κ2) is 5.33. The van der Waals surface area contributed by atoms with Crippen LogP contribution in [0.1, 0.15) is 19.3 Å². The van der Waals surface area contributed by atoms with Crippen molar-refractivity contribution in [2.75, 3.05) is 46.5 Å². The van der Waals surface area contributed by atoms with Crippen LogP contribution in [0, 0.1) is 5.92 Å². The molecule has 20 heavy (non-hydrogen) atoms. The number of morpholine rings is 1. The quantitative estimate of drug-likeness (QED) is 0.672. The monoisotopic (exact) mass is 282 g/mol. The first-order valence-electron chi connectivity index (χ1n) is 7.34. The van der Waals surface area contributed by atoms with E-state index in [0.717, 1.165) is 32.4 Å². The number of nitrogens with zero attached hydrogens (tertiary/aromatic N) is 2. The maximum Gasteiger partial charge on any atom is 0.248 e. The van der Waals surface area contributed by atoms with Crippen LogP contribution in [-0.4, -0.2) is 73.7 Å². The first kappa shape index (κ1) is 13.8. The SMILES string of the molecule is CN1CC2(CCN(C(=O)C3CCOC3)CC2)OCC1=O. The Hall–Kier alpha value is -1.14. The van der Waals surface area contributed by atoms with Gasteiger partial charge in [-0.15, -0.1) is 0 Å². The Kier molecular flexibility index (Phi) is 3.69. The van der Waals surface area contributed by atoms with Crippen LogP contribution in [0.15, 0.2) is 0 Å². The first-order valence-corrected chi connectivity index (χ1v) is 7.34. The van der Waals surface area contributed by atoms with Crippen molar-refractivity contribution in [1.82, 2.24) is 9.80 Å². The molecule has 0 aromatic carbocycles. The van der Waals surface area contributed by atoms with Crippen molar-refractivity contribution in [3.8, 4) is 0 Å². The smallest absolute Gasteiger partial charge is 0.248 e. The second-order valence-electron chi connectivity index (χ2n) is 6.11. The van der Waals surface area contributed by atoms with Gasteiger partial charge in [-0.3, -0.25) is 9.59 Å². The first-order chi connectivity index (χ1) is 9.60. The predicted octanol–water partition coefficient (Wildman–Crippen LogP) is -0.127. The summed E-state index contributed by atoms with van der Waals surface area (Å²) < 4.78 is 11.1. The van der Waals surface area contributed by atoms with Gasteiger partial charge in [-0.1, -0.05) is 0 Å². The van der Waals surface area contributed by atoms with Crippen LogP contribution >= 0.6 is 0 Å². The Labute approximate surface area is 119 Å². The minimum absolute atomic E-state index is 0.0391. The summed E-state index contributed by atoms with van der Waals surface area (Å²) in [7, 11) is 1.82. The van der Waals surface area contributed by atoms with Crippen molar-refractivity contribution in [2.45, 2.75) is 24.9 Å². The van der Waals surface area contributed by atoms with E-state index in [4.69, 9.17) is 9.47 Å². The van der Waals surface area contributed by atoms with Gasteiger partial charge in [-0.2, -0.15) is 0 Å². The predicted molar refractivity (Wildman–Crippen MR) is 71.1 cm³/mol. The summed E-state index contributed by atoms with van der Waals surface area (Å²) in [6.45, 7) is 3.51. The summed E-state index contributed by atoms with van der Waals surface area (Å²) in [6.07, 6.45) is 2.46. The third kappa shape index (κ3) is 2.54. The van der Waals surface area contributed by atoms with E-state index in [0.29, 0.717) is 19.8 Å². The number of rotatable bonds is 1. The lowest BCUT2D eigenvalue weighted by Gasteiger charge is -2.46. The fourth-order valence-corrected chi connectivity index (χ4v) is 3.32. The van der Waals surface area contributed by atoms with Gasteiger partial charge >= 0.3 is 0 Å². The Morgan fingerprint density at radius 1 is 1.35 bits per heavy atom. The van der Waals surface area contributed by atoms with E-state index in [9.17, 15) is 9.59 Å². The van der Waals surface area contributed by atoms with Gasteiger partial charge in [0, 0.05) is 33.3 Å². The van der Waals surface area contributed by atoms with Crippen LogP contribution < -0.4 is 0 Å². The van der Waals surface area contributed by atoms with E-state index in [1.165, 1.54) is 0 Å². The zero-order valence-electron chi connectivity index (χ0n) is 12.0. The molecule has 0 aromatic heterocycles. The number of likely N-dealkylation sites (tertiary alicyclic amines) is 1. The van der Waals surface area contributed by atoms with Gasteiger partial charge in [0.15, 0.2) is 0 Å². The van der Waals surface area contributed by atoms with Gasteiger partial charge in [0.1, 0.15) is 6.61 Å². The van der Waals surface area contributed by atoms with E-state index in [1.807, 2.05) is 11.9 Å². The van der Waals surface area contributed by atoms with E-state index in [1.54, 1.807) is 4.90 Å². The number of piperidine rings is 1. The third-order valence-electron chi connectivity index (χ3n) is 4.72. The van der Waals surface area contributed by atoms with Gasteiger partial charge in [0.05, 0.1) is 18.1 Å². The molecule has 0 N–H and O–H groups in total. The molecule has 0 aliphatic carbocycles. The summed E-state index contributed by atoms with van der Waals surface area (Å²) >= 11 is 0. The molecule has 1 spiro atoms. The van der Waals surface area contributed by atoms with Crippen molar-refractivity contribution < 1.29 is 19.1 Å². The molecule has 2 amide bonds. The van der Waals surface area contributed by atoms with Crippen LogP contribution in [-0.2, 0) is 19.1 Å². The van der Waals surface area contributed by atoms with E-state index >= 15 is 0 Å². The van der Waals surface area contributed by atoms with Crippen LogP contribution in [0.2, 0.25) is 0 Å². The lowest BCUT2D eigenvalue weighted by Crippen LogP contribution is -2.58. The van der Waals surface area contributed by atoms with Gasteiger partial charge < -0.3 is 19.3 Å². The molecule has 6 heteroatoms. The summed E-state index contributed by atoms with van der Waals surface area (Å²) in [6, 6.07) is 0. The van der Waals surface area contributed by atoms with Crippen molar-refractivity contribution in [3.05, 3.63) is 0 Å². The molecule has 112 valence electrons. The number of amides is 2. The molecule has 0 aromatic rings. The molecular formula is C14H22N2O4. The Bertz CT molecular complexity index is 398. The molecule has 6 nitrogen and oxygen atoms in total. The fourth-order valence-electron chi connectivity index (χ4n) is 3.32. The molecule has 3 heterocycles. The van der Waals surface area contributed by atoms with Gasteiger partial charge in [0.25, 0.3) is 0 Å². The fraction of sp³-hybridized carbons (Fsp3) is 0.857. The summed E-state index contributed by atoms with van der Waals surface area (Å²) in [4.78, 5) is 27.5. The zero-order valence-corrected chi connectivity index (χ0v) is 12.0. The summed E-state index contributed by atoms with van der Waals surface area (Å²) in [5.74, 6) is 0.301. The maximum absolute atomic E-state index is 12.3. The number of carbonyl (C=O) groups is 2. The highest BCUT2D eigenvalue weighted by molar-refractivity contribution is 5.79. The summed E-state index contributed by atoms with van der Waals surface area (Å²) in [5.41, 5.74) is -0.244. The van der Waals surface area contributed by atoms with Crippen molar-refractivity contribution >= 4 is 11.8 Å². The van der Waals surface area contributed by atoms with Crippen LogP contribution in [0.3, 0.4) is 0 Å². The average Bonchev–Trinajstić information content (AvgIpc) is 2.98. The van der Waals surface area contributed by atoms with Crippen LogP contribution in [0.5, 0.6) is 0 Å². The number of hydrogen-bond donors (Lipinski definition) is 0. The molecule has 3 fully saturated rings. The number of likely N-dealkylation sites (N-methyl/N-ethyl adjacent to an activating group) is 1. The van der Waals surface area contributed by atoms with Gasteiger partial charge in [0.2, 0.25) is 11.8 Å². The van der Waals surface area contributed by atoms with E-state index in [-0.39, 0.29) is 29.9 Å². The Morgan fingerprint density at radius 3 is 2.70 bits per heavy atom. The molecule has 0 bridgehead atoms. The number of hydrogen-bond acceptors (Lipinski definition) is 4. The molecular weight excluding hydrogens is 260 g/mol. The maximum atomic E-state index is 12.3. The van der Waals surface area contributed by atoms with E-state index < -0.39 is 0 Å². The number of carbonyl (C=O) groups excluding carboxylic acids is 2. The van der Waals surface area contributed by atoms with Crippen molar-refractivity contribution in [1.29, 1.82) is 0 Å². The summed E-state index contributed by atoms with van der Waals surface area (Å²) in [5, 5.41) is 0. The van der Waals surface area contributed by atoms with Gasteiger partial charge in [-0.25, -0.2) is 0 Å². The molecule has 3 rings (SSSR count). The molecule has 0 saturated carbocycles. The molecule has 1 unspecified atom stereocenters. The van der Waals surface area contributed by atoms with Crippen molar-refractivity contribution in [3.63, 3.8) is 0 Å². The molecule has 3 aliphatic rings. The molecule has 1 atom stereocenters. The molecule has 0 radical (unpaired) electrons.